The molecule has 44 valence electrons. The van der Waals surface area contributed by atoms with Gasteiger partial charge in [0.25, 0.3) is 0 Å². The van der Waals surface area contributed by atoms with Gasteiger partial charge in [-0.05, 0) is 0 Å². The Labute approximate surface area is 40.1 Å². The van der Waals surface area contributed by atoms with Gasteiger partial charge in [0.1, 0.15) is 0 Å². The topological polar surface area (TPSA) is 32.3 Å². The lowest BCUT2D eigenvalue weighted by Gasteiger charge is -2.07. The van der Waals surface area contributed by atoms with Gasteiger partial charge in [0.15, 0.2) is 0 Å². The molecule has 0 aliphatic carbocycles. The summed E-state index contributed by atoms with van der Waals surface area (Å²) in [6.45, 7) is -0.0211. The van der Waals surface area contributed by atoms with E-state index in [9.17, 15) is 8.78 Å². The summed E-state index contributed by atoms with van der Waals surface area (Å²) in [6, 6.07) is -2.95. The molecule has 0 unspecified atom stereocenters. The molecule has 0 bridgehead atoms. The SMILES string of the molecule is CC(F)(F)NCO. The van der Waals surface area contributed by atoms with E-state index in [1.54, 1.807) is 0 Å². The van der Waals surface area contributed by atoms with Crippen LogP contribution in [0.4, 0.5) is 8.78 Å². The summed E-state index contributed by atoms with van der Waals surface area (Å²) >= 11 is 0. The highest BCUT2D eigenvalue weighted by Crippen LogP contribution is 2.03. The third-order valence-electron chi connectivity index (χ3n) is 0.389. The second kappa shape index (κ2) is 2.18. The van der Waals surface area contributed by atoms with Crippen LogP contribution in [-0.2, 0) is 0 Å². The average Bonchev–Trinajstić information content (AvgIpc) is 1.30. The molecule has 0 aliphatic rings. The number of nitrogens with one attached hydrogen (secondary N) is 1. The molecule has 4 heteroatoms. The molecule has 2 N–H and O–H groups in total. The quantitative estimate of drug-likeness (QED) is 0.392. The van der Waals surface area contributed by atoms with Crippen molar-refractivity contribution < 1.29 is 13.9 Å². The van der Waals surface area contributed by atoms with E-state index < -0.39 is 12.8 Å². The summed E-state index contributed by atoms with van der Waals surface area (Å²) in [6.07, 6.45) is 0. The molecule has 2 nitrogen and oxygen atoms in total. The van der Waals surface area contributed by atoms with Crippen LogP contribution < -0.4 is 5.32 Å². The van der Waals surface area contributed by atoms with Crippen molar-refractivity contribution in [1.29, 1.82) is 0 Å². The Balaban J connectivity index is 3.15. The minimum atomic E-state index is -2.95. The van der Waals surface area contributed by atoms with E-state index in [1.165, 1.54) is 5.32 Å². The highest BCUT2D eigenvalue weighted by molar-refractivity contribution is 4.47. The van der Waals surface area contributed by atoms with Gasteiger partial charge in [-0.3, -0.25) is 0 Å². The number of hydrogen-bond donors (Lipinski definition) is 2. The summed E-state index contributed by atoms with van der Waals surface area (Å²) < 4.78 is 22.9. The smallest absolute Gasteiger partial charge is 0.301 e. The van der Waals surface area contributed by atoms with E-state index in [2.05, 4.69) is 0 Å². The van der Waals surface area contributed by atoms with Crippen LogP contribution in [0, 0.1) is 0 Å². The lowest BCUT2D eigenvalue weighted by atomic mass is 10.6. The molecule has 0 aromatic carbocycles. The highest BCUT2D eigenvalue weighted by atomic mass is 19.3. The number of alkyl halides is 2. The van der Waals surface area contributed by atoms with E-state index in [0.717, 1.165) is 0 Å². The fourth-order valence-corrected chi connectivity index (χ4v) is 0.139. The molecular weight excluding hydrogens is 104 g/mol. The molecule has 0 aromatic heterocycles. The van der Waals surface area contributed by atoms with Crippen LogP contribution in [0.2, 0.25) is 0 Å². The third kappa shape index (κ3) is 5.78. The van der Waals surface area contributed by atoms with Crippen LogP contribution in [0.3, 0.4) is 0 Å². The molecule has 0 atom stereocenters. The molecule has 0 spiro atoms. The number of hydrogen-bond acceptors (Lipinski definition) is 2. The fourth-order valence-electron chi connectivity index (χ4n) is 0.139. The standard InChI is InChI=1S/C3H7F2NO/c1-3(4,5)6-2-7/h6-7H,2H2,1H3. The molecule has 7 heavy (non-hydrogen) atoms. The first-order chi connectivity index (χ1) is 3.06. The van der Waals surface area contributed by atoms with Crippen molar-refractivity contribution in [2.24, 2.45) is 0 Å². The fraction of sp³-hybridized carbons (Fsp3) is 1.00. The zero-order valence-corrected chi connectivity index (χ0v) is 3.91. The van der Waals surface area contributed by atoms with Crippen molar-refractivity contribution in [2.75, 3.05) is 6.73 Å². The van der Waals surface area contributed by atoms with Crippen LogP contribution in [-0.4, -0.2) is 17.9 Å². The number of aliphatic hydroxyl groups excluding tert-OH is 1. The first-order valence-corrected chi connectivity index (χ1v) is 1.80. The summed E-state index contributed by atoms with van der Waals surface area (Å²) in [5, 5.41) is 9.32. The number of halogens is 2. The van der Waals surface area contributed by atoms with Gasteiger partial charge in [0.05, 0.1) is 6.73 Å². The summed E-state index contributed by atoms with van der Waals surface area (Å²) in [4.78, 5) is 0. The maximum absolute atomic E-state index is 11.5. The van der Waals surface area contributed by atoms with Crippen molar-refractivity contribution in [3.8, 4) is 0 Å². The van der Waals surface area contributed by atoms with Crippen LogP contribution in [0.25, 0.3) is 0 Å². The first kappa shape index (κ1) is 6.78. The Bertz CT molecular complexity index is 51.4. The van der Waals surface area contributed by atoms with E-state index in [4.69, 9.17) is 5.11 Å². The van der Waals surface area contributed by atoms with Crippen molar-refractivity contribution in [3.63, 3.8) is 0 Å². The molecule has 0 aromatic rings. The lowest BCUT2D eigenvalue weighted by Crippen LogP contribution is -2.33. The molecular formula is C3H7F2NO. The number of aliphatic hydroxyl groups is 1. The van der Waals surface area contributed by atoms with Gasteiger partial charge in [0.2, 0.25) is 0 Å². The van der Waals surface area contributed by atoms with Crippen molar-refractivity contribution in [2.45, 2.75) is 13.0 Å². The van der Waals surface area contributed by atoms with Crippen molar-refractivity contribution >= 4 is 0 Å². The zero-order valence-electron chi connectivity index (χ0n) is 3.91. The largest absolute Gasteiger partial charge is 0.381 e. The van der Waals surface area contributed by atoms with Gasteiger partial charge in [-0.15, -0.1) is 0 Å². The molecule has 0 amide bonds. The van der Waals surface area contributed by atoms with E-state index in [-0.39, 0.29) is 0 Å². The highest BCUT2D eigenvalue weighted by Gasteiger charge is 2.17. The molecule has 0 aliphatic heterocycles. The van der Waals surface area contributed by atoms with E-state index in [1.807, 2.05) is 0 Å². The van der Waals surface area contributed by atoms with Crippen LogP contribution in [0.1, 0.15) is 6.92 Å². The Morgan fingerprint density at radius 1 is 1.71 bits per heavy atom. The summed E-state index contributed by atoms with van der Waals surface area (Å²) in [7, 11) is 0. The van der Waals surface area contributed by atoms with Gasteiger partial charge >= 0.3 is 6.05 Å². The molecule has 0 saturated heterocycles. The number of rotatable bonds is 2. The molecule has 0 fully saturated rings. The van der Waals surface area contributed by atoms with E-state index >= 15 is 0 Å². The van der Waals surface area contributed by atoms with Gasteiger partial charge in [0, 0.05) is 6.92 Å². The van der Waals surface area contributed by atoms with Crippen molar-refractivity contribution in [3.05, 3.63) is 0 Å². The van der Waals surface area contributed by atoms with Gasteiger partial charge in [-0.1, -0.05) is 0 Å². The van der Waals surface area contributed by atoms with E-state index in [0.29, 0.717) is 6.92 Å². The second-order valence-electron chi connectivity index (χ2n) is 1.22. The Morgan fingerprint density at radius 2 is 2.14 bits per heavy atom. The molecule has 0 heterocycles. The van der Waals surface area contributed by atoms with Gasteiger partial charge in [-0.2, -0.15) is 8.78 Å². The van der Waals surface area contributed by atoms with Gasteiger partial charge < -0.3 is 5.11 Å². The minimum Gasteiger partial charge on any atom is -0.381 e. The van der Waals surface area contributed by atoms with Crippen LogP contribution in [0.15, 0.2) is 0 Å². The Hall–Kier alpha value is -0.220. The molecule has 0 radical (unpaired) electrons. The van der Waals surface area contributed by atoms with Crippen LogP contribution >= 0.6 is 0 Å². The second-order valence-corrected chi connectivity index (χ2v) is 1.22. The van der Waals surface area contributed by atoms with Crippen molar-refractivity contribution in [1.82, 2.24) is 5.32 Å². The van der Waals surface area contributed by atoms with Crippen LogP contribution in [0.5, 0.6) is 0 Å². The summed E-state index contributed by atoms with van der Waals surface area (Å²) in [5.41, 5.74) is 0. The predicted octanol–water partition coefficient (Wildman–Crippen LogP) is 0.139. The Morgan fingerprint density at radius 3 is 2.14 bits per heavy atom. The summed E-state index contributed by atoms with van der Waals surface area (Å²) in [5.74, 6) is 0. The molecule has 0 rings (SSSR count). The first-order valence-electron chi connectivity index (χ1n) is 1.80. The third-order valence-corrected chi connectivity index (χ3v) is 0.389. The Kier molecular flexibility index (Phi) is 2.11. The zero-order chi connectivity index (χ0) is 5.91. The maximum Gasteiger partial charge on any atom is 0.301 e. The predicted molar refractivity (Wildman–Crippen MR) is 20.8 cm³/mol. The molecule has 0 saturated carbocycles. The minimum absolute atomic E-state index is 0.670. The monoisotopic (exact) mass is 111 g/mol. The average molecular weight is 111 g/mol. The maximum atomic E-state index is 11.5. The van der Waals surface area contributed by atoms with Gasteiger partial charge in [-0.25, -0.2) is 5.32 Å². The normalized spacial score (nSPS) is 12.0. The lowest BCUT2D eigenvalue weighted by molar-refractivity contribution is -0.0349.